The van der Waals surface area contributed by atoms with E-state index in [0.717, 1.165) is 29.5 Å². The van der Waals surface area contributed by atoms with Gasteiger partial charge < -0.3 is 15.7 Å². The first kappa shape index (κ1) is 17.6. The van der Waals surface area contributed by atoms with Gasteiger partial charge in [0.15, 0.2) is 0 Å². The van der Waals surface area contributed by atoms with Crippen molar-refractivity contribution >= 4 is 27.5 Å². The number of rotatable bonds is 5. The maximum absolute atomic E-state index is 12.8. The molecule has 1 saturated heterocycles. The standard InChI is InChI=1S/C18H24N4O3S/c23-13-9-19-7-11(13)8-20-15(24)5-6-22-10-21-17-16(18(22)25)12-3-1-2-4-14(12)26-17/h10-11,13,19,23H,1-9H2,(H,20,24). The number of aliphatic hydroxyl groups excluding tert-OH is 1. The molecule has 8 heteroatoms. The predicted molar refractivity (Wildman–Crippen MR) is 101 cm³/mol. The van der Waals surface area contributed by atoms with Crippen molar-refractivity contribution in [1.29, 1.82) is 0 Å². The Bertz CT molecular complexity index is 875. The summed E-state index contributed by atoms with van der Waals surface area (Å²) in [7, 11) is 0. The van der Waals surface area contributed by atoms with E-state index >= 15 is 0 Å². The minimum atomic E-state index is -0.408. The number of fused-ring (bicyclic) bond motifs is 3. The Morgan fingerprint density at radius 3 is 3.04 bits per heavy atom. The summed E-state index contributed by atoms with van der Waals surface area (Å²) in [6.07, 6.45) is 5.68. The van der Waals surface area contributed by atoms with Gasteiger partial charge in [0.2, 0.25) is 5.91 Å². The highest BCUT2D eigenvalue weighted by molar-refractivity contribution is 7.18. The molecule has 0 aromatic carbocycles. The number of hydrogen-bond donors (Lipinski definition) is 3. The highest BCUT2D eigenvalue weighted by Crippen LogP contribution is 2.33. The zero-order chi connectivity index (χ0) is 18.1. The van der Waals surface area contributed by atoms with Crippen LogP contribution in [-0.2, 0) is 24.2 Å². The van der Waals surface area contributed by atoms with Gasteiger partial charge in [-0.1, -0.05) is 0 Å². The van der Waals surface area contributed by atoms with Gasteiger partial charge in [0, 0.05) is 43.4 Å². The number of aliphatic hydroxyl groups is 1. The number of nitrogens with one attached hydrogen (secondary N) is 2. The third kappa shape index (κ3) is 3.41. The van der Waals surface area contributed by atoms with Crippen LogP contribution in [0.25, 0.3) is 10.2 Å². The highest BCUT2D eigenvalue weighted by atomic mass is 32.1. The first-order valence-electron chi connectivity index (χ1n) is 9.28. The van der Waals surface area contributed by atoms with Crippen LogP contribution >= 0.6 is 11.3 Å². The Morgan fingerprint density at radius 2 is 2.23 bits per heavy atom. The van der Waals surface area contributed by atoms with Gasteiger partial charge in [0.25, 0.3) is 5.56 Å². The van der Waals surface area contributed by atoms with Crippen LogP contribution in [0.5, 0.6) is 0 Å². The Labute approximate surface area is 155 Å². The van der Waals surface area contributed by atoms with E-state index in [1.807, 2.05) is 0 Å². The zero-order valence-electron chi connectivity index (χ0n) is 14.7. The fourth-order valence-electron chi connectivity index (χ4n) is 3.82. The van der Waals surface area contributed by atoms with Crippen molar-refractivity contribution in [3.05, 3.63) is 27.1 Å². The van der Waals surface area contributed by atoms with Gasteiger partial charge in [-0.2, -0.15) is 0 Å². The summed E-state index contributed by atoms with van der Waals surface area (Å²) in [5.41, 5.74) is 1.15. The molecule has 2 aliphatic rings. The molecule has 1 fully saturated rings. The topological polar surface area (TPSA) is 96.2 Å². The molecule has 2 unspecified atom stereocenters. The lowest BCUT2D eigenvalue weighted by Gasteiger charge is -2.14. The van der Waals surface area contributed by atoms with Gasteiger partial charge >= 0.3 is 0 Å². The second-order valence-corrected chi connectivity index (χ2v) is 8.26. The Kier molecular flexibility index (Phi) is 5.06. The summed E-state index contributed by atoms with van der Waals surface area (Å²) in [4.78, 5) is 31.5. The van der Waals surface area contributed by atoms with Gasteiger partial charge in [0.05, 0.1) is 17.8 Å². The number of β-amino-alcohol motifs (C(OH)–C–C–N with tert-alkyl or cyclic N) is 1. The summed E-state index contributed by atoms with van der Waals surface area (Å²) in [5.74, 6) is -0.0551. The van der Waals surface area contributed by atoms with Gasteiger partial charge in [-0.05, 0) is 31.2 Å². The fourth-order valence-corrected chi connectivity index (χ4v) is 5.04. The second kappa shape index (κ2) is 7.46. The molecular weight excluding hydrogens is 352 g/mol. The number of carbonyl (C=O) groups excluding carboxylic acids is 1. The van der Waals surface area contributed by atoms with Crippen LogP contribution in [0.15, 0.2) is 11.1 Å². The van der Waals surface area contributed by atoms with Crippen LogP contribution < -0.4 is 16.2 Å². The zero-order valence-corrected chi connectivity index (χ0v) is 15.5. The average molecular weight is 376 g/mol. The van der Waals surface area contributed by atoms with E-state index in [1.165, 1.54) is 16.9 Å². The average Bonchev–Trinajstić information content (AvgIpc) is 3.22. The van der Waals surface area contributed by atoms with Crippen molar-refractivity contribution < 1.29 is 9.90 Å². The molecule has 2 atom stereocenters. The minimum Gasteiger partial charge on any atom is -0.391 e. The molecular formula is C18H24N4O3S. The normalized spacial score (nSPS) is 22.5. The molecule has 26 heavy (non-hydrogen) atoms. The molecule has 0 spiro atoms. The molecule has 2 aromatic heterocycles. The van der Waals surface area contributed by atoms with Gasteiger partial charge in [-0.3, -0.25) is 14.2 Å². The summed E-state index contributed by atoms with van der Waals surface area (Å²) >= 11 is 1.64. The Morgan fingerprint density at radius 1 is 1.38 bits per heavy atom. The number of nitrogens with zero attached hydrogens (tertiary/aromatic N) is 2. The van der Waals surface area contributed by atoms with Crippen LogP contribution in [0.2, 0.25) is 0 Å². The molecule has 2 aromatic rings. The van der Waals surface area contributed by atoms with Crippen LogP contribution in [-0.4, -0.2) is 46.3 Å². The molecule has 0 radical (unpaired) electrons. The summed E-state index contributed by atoms with van der Waals surface area (Å²) in [5, 5.41) is 16.5. The monoisotopic (exact) mass is 376 g/mol. The maximum atomic E-state index is 12.8. The van der Waals surface area contributed by atoms with E-state index in [-0.39, 0.29) is 23.8 Å². The summed E-state index contributed by atoms with van der Waals surface area (Å²) in [6, 6.07) is 0. The van der Waals surface area contributed by atoms with Crippen molar-refractivity contribution in [2.75, 3.05) is 19.6 Å². The largest absolute Gasteiger partial charge is 0.391 e. The van der Waals surface area contributed by atoms with Crippen LogP contribution in [0.3, 0.4) is 0 Å². The molecule has 7 nitrogen and oxygen atoms in total. The molecule has 3 heterocycles. The maximum Gasteiger partial charge on any atom is 0.262 e. The van der Waals surface area contributed by atoms with E-state index in [9.17, 15) is 14.7 Å². The van der Waals surface area contributed by atoms with Crippen molar-refractivity contribution in [3.8, 4) is 0 Å². The van der Waals surface area contributed by atoms with Crippen LogP contribution in [0.4, 0.5) is 0 Å². The molecule has 1 aliphatic heterocycles. The van der Waals surface area contributed by atoms with E-state index < -0.39 is 6.10 Å². The van der Waals surface area contributed by atoms with Gasteiger partial charge in [0.1, 0.15) is 4.83 Å². The summed E-state index contributed by atoms with van der Waals surface area (Å²) in [6.45, 7) is 2.07. The van der Waals surface area contributed by atoms with E-state index in [4.69, 9.17) is 0 Å². The Balaban J connectivity index is 1.41. The molecule has 1 amide bonds. The van der Waals surface area contributed by atoms with Crippen molar-refractivity contribution in [1.82, 2.24) is 20.2 Å². The molecule has 3 N–H and O–H groups in total. The second-order valence-electron chi connectivity index (χ2n) is 7.17. The van der Waals surface area contributed by atoms with Crippen LogP contribution in [0.1, 0.15) is 29.7 Å². The lowest BCUT2D eigenvalue weighted by molar-refractivity contribution is -0.121. The Hall–Kier alpha value is -1.77. The van der Waals surface area contributed by atoms with Crippen LogP contribution in [0, 0.1) is 5.92 Å². The molecule has 0 bridgehead atoms. The first-order valence-corrected chi connectivity index (χ1v) is 10.1. The number of aryl methyl sites for hydroxylation is 3. The highest BCUT2D eigenvalue weighted by Gasteiger charge is 2.25. The number of amides is 1. The van der Waals surface area contributed by atoms with E-state index in [2.05, 4.69) is 15.6 Å². The number of aromatic nitrogens is 2. The number of thiophene rings is 1. The predicted octanol–water partition coefficient (Wildman–Crippen LogP) is 0.423. The fraction of sp³-hybridized carbons (Fsp3) is 0.611. The first-order chi connectivity index (χ1) is 12.6. The lowest BCUT2D eigenvalue weighted by Crippen LogP contribution is -2.35. The van der Waals surface area contributed by atoms with Crippen molar-refractivity contribution in [3.63, 3.8) is 0 Å². The van der Waals surface area contributed by atoms with E-state index in [1.54, 1.807) is 22.2 Å². The van der Waals surface area contributed by atoms with Gasteiger partial charge in [-0.15, -0.1) is 11.3 Å². The number of hydrogen-bond acceptors (Lipinski definition) is 6. The quantitative estimate of drug-likeness (QED) is 0.703. The van der Waals surface area contributed by atoms with Gasteiger partial charge in [-0.25, -0.2) is 4.98 Å². The van der Waals surface area contributed by atoms with Crippen molar-refractivity contribution in [2.45, 2.75) is 44.8 Å². The molecule has 140 valence electrons. The minimum absolute atomic E-state index is 0.0300. The number of carbonyl (C=O) groups is 1. The lowest BCUT2D eigenvalue weighted by atomic mass is 9.97. The van der Waals surface area contributed by atoms with E-state index in [0.29, 0.717) is 26.2 Å². The van der Waals surface area contributed by atoms with Crippen molar-refractivity contribution in [2.24, 2.45) is 5.92 Å². The molecule has 0 saturated carbocycles. The SMILES string of the molecule is O=C(CCn1cnc2sc3c(c2c1=O)CCCC3)NCC1CNCC1O. The smallest absolute Gasteiger partial charge is 0.262 e. The molecule has 4 rings (SSSR count). The third-order valence-corrected chi connectivity index (χ3v) is 6.59. The molecule has 1 aliphatic carbocycles. The third-order valence-electron chi connectivity index (χ3n) is 5.39. The summed E-state index contributed by atoms with van der Waals surface area (Å²) < 4.78 is 1.55.